The Bertz CT molecular complexity index is 970. The maximum absolute atomic E-state index is 12.4. The number of carbonyl (C=O) groups excluding carboxylic acids is 1. The average molecular weight is 341 g/mol. The quantitative estimate of drug-likeness (QED) is 0.666. The van der Waals surface area contributed by atoms with Gasteiger partial charge in [-0.1, -0.05) is 0 Å². The van der Waals surface area contributed by atoms with Crippen LogP contribution in [-0.2, 0) is 11.8 Å². The summed E-state index contributed by atoms with van der Waals surface area (Å²) in [6, 6.07) is 8.92. The lowest BCUT2D eigenvalue weighted by molar-refractivity contribution is 0.0528. The number of ether oxygens (including phenoxy) is 2. The molecule has 3 aromatic rings. The third-order valence-corrected chi connectivity index (χ3v) is 3.85. The van der Waals surface area contributed by atoms with Crippen LogP contribution in [0.25, 0.3) is 16.9 Å². The first-order valence-electron chi connectivity index (χ1n) is 8.05. The molecule has 0 saturated carbocycles. The molecule has 2 aromatic heterocycles. The molecule has 0 radical (unpaired) electrons. The van der Waals surface area contributed by atoms with Crippen LogP contribution in [0.5, 0.6) is 5.75 Å². The molecule has 0 atom stereocenters. The van der Waals surface area contributed by atoms with Gasteiger partial charge in [-0.2, -0.15) is 9.61 Å². The van der Waals surface area contributed by atoms with Crippen molar-refractivity contribution in [3.05, 3.63) is 52.4 Å². The van der Waals surface area contributed by atoms with Gasteiger partial charge in [-0.25, -0.2) is 4.79 Å². The number of hydrogen-bond acceptors (Lipinski definition) is 5. The predicted molar refractivity (Wildman–Crippen MR) is 93.0 cm³/mol. The van der Waals surface area contributed by atoms with Crippen LogP contribution in [-0.4, -0.2) is 33.4 Å². The van der Waals surface area contributed by atoms with Crippen LogP contribution in [0.1, 0.15) is 24.2 Å². The Morgan fingerprint density at radius 1 is 1.16 bits per heavy atom. The van der Waals surface area contributed by atoms with Gasteiger partial charge in [-0.05, 0) is 43.7 Å². The monoisotopic (exact) mass is 341 g/mol. The summed E-state index contributed by atoms with van der Waals surface area (Å²) in [7, 11) is 1.78. The van der Waals surface area contributed by atoms with Crippen LogP contribution in [0.3, 0.4) is 0 Å². The highest BCUT2D eigenvalue weighted by molar-refractivity contribution is 5.96. The van der Waals surface area contributed by atoms with E-state index >= 15 is 0 Å². The number of aryl methyl sites for hydroxylation is 1. The summed E-state index contributed by atoms with van der Waals surface area (Å²) in [6.45, 7) is 4.49. The molecule has 3 rings (SSSR count). The molecular formula is C18H19N3O4. The molecule has 0 aliphatic rings. The van der Waals surface area contributed by atoms with Gasteiger partial charge in [0, 0.05) is 13.1 Å². The van der Waals surface area contributed by atoms with Gasteiger partial charge in [0.25, 0.3) is 5.56 Å². The van der Waals surface area contributed by atoms with Crippen molar-refractivity contribution in [1.82, 2.24) is 14.2 Å². The molecular weight excluding hydrogens is 322 g/mol. The van der Waals surface area contributed by atoms with Crippen LogP contribution in [0.4, 0.5) is 0 Å². The number of carbonyl (C=O) groups is 1. The van der Waals surface area contributed by atoms with E-state index in [2.05, 4.69) is 5.10 Å². The highest BCUT2D eigenvalue weighted by Gasteiger charge is 2.19. The van der Waals surface area contributed by atoms with Gasteiger partial charge in [0.15, 0.2) is 5.65 Å². The number of aromatic nitrogens is 3. The molecule has 7 nitrogen and oxygen atoms in total. The van der Waals surface area contributed by atoms with E-state index in [-0.39, 0.29) is 17.7 Å². The van der Waals surface area contributed by atoms with Gasteiger partial charge in [0.1, 0.15) is 11.3 Å². The highest BCUT2D eigenvalue weighted by Crippen LogP contribution is 2.23. The molecule has 1 aromatic carbocycles. The Morgan fingerprint density at radius 3 is 2.52 bits per heavy atom. The van der Waals surface area contributed by atoms with Gasteiger partial charge in [-0.3, -0.25) is 4.79 Å². The zero-order valence-electron chi connectivity index (χ0n) is 14.4. The van der Waals surface area contributed by atoms with Gasteiger partial charge in [-0.15, -0.1) is 0 Å². The van der Waals surface area contributed by atoms with E-state index in [9.17, 15) is 9.59 Å². The molecule has 130 valence electrons. The Hall–Kier alpha value is -3.09. The Kier molecular flexibility index (Phi) is 4.56. The summed E-state index contributed by atoms with van der Waals surface area (Å²) in [5, 5.41) is 4.02. The fraction of sp³-hybridized carbons (Fsp3) is 0.278. The van der Waals surface area contributed by atoms with E-state index in [4.69, 9.17) is 9.47 Å². The fourth-order valence-electron chi connectivity index (χ4n) is 2.73. The lowest BCUT2D eigenvalue weighted by Crippen LogP contribution is -2.19. The highest BCUT2D eigenvalue weighted by atomic mass is 16.5. The van der Waals surface area contributed by atoms with Crippen LogP contribution < -0.4 is 10.3 Å². The largest absolute Gasteiger partial charge is 0.494 e. The minimum absolute atomic E-state index is 0.253. The summed E-state index contributed by atoms with van der Waals surface area (Å²) in [6.07, 6.45) is 1.36. The van der Waals surface area contributed by atoms with E-state index in [0.717, 1.165) is 11.3 Å². The molecule has 0 aliphatic carbocycles. The number of nitrogens with zero attached hydrogens (tertiary/aromatic N) is 3. The van der Waals surface area contributed by atoms with Crippen molar-refractivity contribution in [2.75, 3.05) is 13.2 Å². The third kappa shape index (κ3) is 3.00. The summed E-state index contributed by atoms with van der Waals surface area (Å²) in [4.78, 5) is 24.5. The fourth-order valence-corrected chi connectivity index (χ4v) is 2.73. The van der Waals surface area contributed by atoms with Crippen LogP contribution in [0.2, 0.25) is 0 Å². The predicted octanol–water partition coefficient (Wildman–Crippen LogP) is 2.28. The SMILES string of the molecule is CCOC(=O)c1cnn2c(=O)cc(-c3ccc(OCC)cc3)n(C)c12. The maximum Gasteiger partial charge on any atom is 0.343 e. The Morgan fingerprint density at radius 2 is 1.88 bits per heavy atom. The molecule has 2 heterocycles. The number of benzene rings is 1. The van der Waals surface area contributed by atoms with Gasteiger partial charge < -0.3 is 14.0 Å². The van der Waals surface area contributed by atoms with E-state index in [1.807, 2.05) is 31.2 Å². The first kappa shape index (κ1) is 16.8. The van der Waals surface area contributed by atoms with Crippen molar-refractivity contribution in [3.63, 3.8) is 0 Å². The molecule has 0 aliphatic heterocycles. The summed E-state index contributed by atoms with van der Waals surface area (Å²) in [5.41, 5.74) is 1.85. The molecule has 0 saturated heterocycles. The van der Waals surface area contributed by atoms with Crippen LogP contribution >= 0.6 is 0 Å². The normalized spacial score (nSPS) is 10.8. The average Bonchev–Trinajstić information content (AvgIpc) is 3.05. The van der Waals surface area contributed by atoms with E-state index in [1.165, 1.54) is 16.8 Å². The van der Waals surface area contributed by atoms with Crippen LogP contribution in [0, 0.1) is 0 Å². The van der Waals surface area contributed by atoms with Crippen LogP contribution in [0.15, 0.2) is 41.3 Å². The minimum atomic E-state index is -0.503. The standard InChI is InChI=1S/C18H19N3O4/c1-4-24-13-8-6-12(7-9-13)15-10-16(22)21-17(20(15)3)14(11-19-21)18(23)25-5-2/h6-11H,4-5H2,1-3H3. The third-order valence-electron chi connectivity index (χ3n) is 3.85. The van der Waals surface area contributed by atoms with Gasteiger partial charge in [0.2, 0.25) is 0 Å². The summed E-state index contributed by atoms with van der Waals surface area (Å²) < 4.78 is 13.5. The second-order valence-corrected chi connectivity index (χ2v) is 5.40. The molecule has 25 heavy (non-hydrogen) atoms. The van der Waals surface area contributed by atoms with Crippen molar-refractivity contribution in [3.8, 4) is 17.0 Å². The number of rotatable bonds is 5. The van der Waals surface area contributed by atoms with Gasteiger partial charge in [0.05, 0.1) is 25.1 Å². The molecule has 0 bridgehead atoms. The number of fused-ring (bicyclic) bond motifs is 1. The number of hydrogen-bond donors (Lipinski definition) is 0. The maximum atomic E-state index is 12.4. The van der Waals surface area contributed by atoms with E-state index in [1.54, 1.807) is 18.5 Å². The summed E-state index contributed by atoms with van der Waals surface area (Å²) in [5.74, 6) is 0.255. The molecule has 0 amide bonds. The first-order valence-corrected chi connectivity index (χ1v) is 8.05. The lowest BCUT2D eigenvalue weighted by Gasteiger charge is -2.12. The molecule has 0 N–H and O–H groups in total. The lowest BCUT2D eigenvalue weighted by atomic mass is 10.1. The molecule has 0 fully saturated rings. The van der Waals surface area contributed by atoms with Gasteiger partial charge >= 0.3 is 5.97 Å². The topological polar surface area (TPSA) is 74.8 Å². The second-order valence-electron chi connectivity index (χ2n) is 5.40. The van der Waals surface area contributed by atoms with E-state index < -0.39 is 5.97 Å². The van der Waals surface area contributed by atoms with E-state index in [0.29, 0.717) is 17.9 Å². The second kappa shape index (κ2) is 6.80. The first-order chi connectivity index (χ1) is 12.1. The Balaban J connectivity index is 2.16. The zero-order valence-corrected chi connectivity index (χ0v) is 14.4. The molecule has 7 heteroatoms. The molecule has 0 unspecified atom stereocenters. The zero-order chi connectivity index (χ0) is 18.0. The van der Waals surface area contributed by atoms with Crippen molar-refractivity contribution in [2.45, 2.75) is 13.8 Å². The van der Waals surface area contributed by atoms with Crippen molar-refractivity contribution in [2.24, 2.45) is 7.05 Å². The van der Waals surface area contributed by atoms with Crippen molar-refractivity contribution in [1.29, 1.82) is 0 Å². The number of esters is 1. The minimum Gasteiger partial charge on any atom is -0.494 e. The smallest absolute Gasteiger partial charge is 0.343 e. The Labute approximate surface area is 144 Å². The van der Waals surface area contributed by atoms with Crippen molar-refractivity contribution >= 4 is 11.6 Å². The summed E-state index contributed by atoms with van der Waals surface area (Å²) >= 11 is 0. The van der Waals surface area contributed by atoms with Crippen molar-refractivity contribution < 1.29 is 14.3 Å². The molecule has 0 spiro atoms.